The van der Waals surface area contributed by atoms with Gasteiger partial charge in [0.15, 0.2) is 0 Å². The molecular formula is C18H25NO6. The molecule has 0 aliphatic carbocycles. The highest BCUT2D eigenvalue weighted by Crippen LogP contribution is 2.15. The summed E-state index contributed by atoms with van der Waals surface area (Å²) in [6.07, 6.45) is -0.981. The Morgan fingerprint density at radius 3 is 2.24 bits per heavy atom. The molecule has 7 heteroatoms. The van der Waals surface area contributed by atoms with Crippen molar-refractivity contribution in [3.63, 3.8) is 0 Å². The van der Waals surface area contributed by atoms with Gasteiger partial charge in [-0.2, -0.15) is 0 Å². The van der Waals surface area contributed by atoms with Crippen LogP contribution in [0.3, 0.4) is 0 Å². The summed E-state index contributed by atoms with van der Waals surface area (Å²) in [5, 5.41) is 0.761. The first-order valence-corrected chi connectivity index (χ1v) is 7.99. The topological polar surface area (TPSA) is 82.1 Å². The van der Waals surface area contributed by atoms with Crippen molar-refractivity contribution >= 4 is 18.0 Å². The Morgan fingerprint density at radius 2 is 1.72 bits per heavy atom. The van der Waals surface area contributed by atoms with Gasteiger partial charge in [-0.05, 0) is 33.3 Å². The summed E-state index contributed by atoms with van der Waals surface area (Å²) in [6.45, 7) is 7.93. The van der Waals surface area contributed by atoms with Crippen molar-refractivity contribution in [2.24, 2.45) is 0 Å². The summed E-state index contributed by atoms with van der Waals surface area (Å²) in [7, 11) is 0. The quantitative estimate of drug-likeness (QED) is 0.598. The van der Waals surface area contributed by atoms with E-state index in [-0.39, 0.29) is 13.0 Å². The molecule has 1 unspecified atom stereocenters. The zero-order valence-electron chi connectivity index (χ0n) is 15.3. The van der Waals surface area contributed by atoms with E-state index >= 15 is 0 Å². The number of ether oxygens (including phenoxy) is 2. The molecule has 0 aliphatic heterocycles. The molecule has 0 aliphatic rings. The van der Waals surface area contributed by atoms with Gasteiger partial charge in [0.05, 0.1) is 12.5 Å². The van der Waals surface area contributed by atoms with Crippen LogP contribution in [-0.4, -0.2) is 34.7 Å². The lowest BCUT2D eigenvalue weighted by atomic mass is 10.2. The molecule has 7 nitrogen and oxygen atoms in total. The van der Waals surface area contributed by atoms with Crippen LogP contribution < -0.4 is 0 Å². The lowest BCUT2D eigenvalue weighted by Gasteiger charge is -2.29. The van der Waals surface area contributed by atoms with Gasteiger partial charge >= 0.3 is 18.0 Å². The van der Waals surface area contributed by atoms with Gasteiger partial charge in [0.2, 0.25) is 0 Å². The number of esters is 1. The summed E-state index contributed by atoms with van der Waals surface area (Å²) < 4.78 is 10.4. The van der Waals surface area contributed by atoms with Crippen LogP contribution in [0.15, 0.2) is 30.3 Å². The summed E-state index contributed by atoms with van der Waals surface area (Å²) in [4.78, 5) is 40.3. The molecule has 0 heterocycles. The molecule has 1 rings (SSSR count). The SMILES string of the molecule is CC(=O)ON(C(=O)OC(C)(C)C)C(C)CC(=O)OCc1ccccc1. The molecule has 0 radical (unpaired) electrons. The van der Waals surface area contributed by atoms with Crippen molar-refractivity contribution in [2.75, 3.05) is 0 Å². The van der Waals surface area contributed by atoms with Crippen molar-refractivity contribution in [3.8, 4) is 0 Å². The molecule has 0 bridgehead atoms. The smallest absolute Gasteiger partial charge is 0.444 e. The van der Waals surface area contributed by atoms with E-state index < -0.39 is 29.7 Å². The van der Waals surface area contributed by atoms with Gasteiger partial charge in [-0.1, -0.05) is 30.3 Å². The Hall–Kier alpha value is -2.57. The third kappa shape index (κ3) is 8.19. The lowest BCUT2D eigenvalue weighted by Crippen LogP contribution is -2.44. The van der Waals surface area contributed by atoms with Crippen LogP contribution in [0, 0.1) is 0 Å². The summed E-state index contributed by atoms with van der Waals surface area (Å²) in [5.41, 5.74) is 0.0933. The van der Waals surface area contributed by atoms with Crippen molar-refractivity contribution in [1.82, 2.24) is 5.06 Å². The molecule has 0 saturated carbocycles. The molecule has 1 amide bonds. The van der Waals surface area contributed by atoms with E-state index in [4.69, 9.17) is 14.3 Å². The average Bonchev–Trinajstić information content (AvgIpc) is 2.49. The minimum Gasteiger partial charge on any atom is -0.461 e. The van der Waals surface area contributed by atoms with Gasteiger partial charge in [0, 0.05) is 6.92 Å². The molecule has 0 aromatic heterocycles. The van der Waals surface area contributed by atoms with Crippen LogP contribution in [0.1, 0.15) is 46.6 Å². The molecule has 138 valence electrons. The van der Waals surface area contributed by atoms with Crippen LogP contribution in [0.25, 0.3) is 0 Å². The molecule has 0 N–H and O–H groups in total. The van der Waals surface area contributed by atoms with E-state index in [2.05, 4.69) is 0 Å². The van der Waals surface area contributed by atoms with E-state index in [1.165, 1.54) is 0 Å². The second kappa shape index (κ2) is 9.05. The zero-order valence-corrected chi connectivity index (χ0v) is 15.3. The Morgan fingerprint density at radius 1 is 1.12 bits per heavy atom. The van der Waals surface area contributed by atoms with Gasteiger partial charge in [-0.25, -0.2) is 4.79 Å². The molecule has 0 fully saturated rings. The second-order valence-electron chi connectivity index (χ2n) is 6.59. The first-order chi connectivity index (χ1) is 11.6. The van der Waals surface area contributed by atoms with Crippen LogP contribution in [-0.2, 0) is 30.5 Å². The number of hydroxylamine groups is 2. The second-order valence-corrected chi connectivity index (χ2v) is 6.59. The molecule has 1 aromatic rings. The van der Waals surface area contributed by atoms with Crippen molar-refractivity contribution < 1.29 is 28.7 Å². The number of nitrogens with zero attached hydrogens (tertiary/aromatic N) is 1. The van der Waals surface area contributed by atoms with E-state index in [1.807, 2.05) is 30.3 Å². The predicted molar refractivity (Wildman–Crippen MR) is 90.2 cm³/mol. The minimum atomic E-state index is -0.842. The van der Waals surface area contributed by atoms with E-state index in [0.29, 0.717) is 0 Å². The lowest BCUT2D eigenvalue weighted by molar-refractivity contribution is -0.192. The van der Waals surface area contributed by atoms with Crippen LogP contribution >= 0.6 is 0 Å². The highest BCUT2D eigenvalue weighted by molar-refractivity contribution is 5.74. The van der Waals surface area contributed by atoms with Crippen LogP contribution in [0.4, 0.5) is 4.79 Å². The number of carbonyl (C=O) groups is 3. The first-order valence-electron chi connectivity index (χ1n) is 7.99. The van der Waals surface area contributed by atoms with E-state index in [9.17, 15) is 14.4 Å². The van der Waals surface area contributed by atoms with Crippen molar-refractivity contribution in [1.29, 1.82) is 0 Å². The van der Waals surface area contributed by atoms with Gasteiger partial charge in [-0.3, -0.25) is 9.59 Å². The number of amides is 1. The highest BCUT2D eigenvalue weighted by atomic mass is 16.8. The number of benzene rings is 1. The fourth-order valence-corrected chi connectivity index (χ4v) is 1.87. The predicted octanol–water partition coefficient (Wildman–Crippen LogP) is 3.22. The number of hydrogen-bond donors (Lipinski definition) is 0. The maximum absolute atomic E-state index is 12.2. The van der Waals surface area contributed by atoms with Crippen LogP contribution in [0.5, 0.6) is 0 Å². The zero-order chi connectivity index (χ0) is 19.0. The molecular weight excluding hydrogens is 326 g/mol. The standard InChI is InChI=1S/C18H25NO6/c1-13(11-16(21)23-12-15-9-7-6-8-10-15)19(25-14(2)20)17(22)24-18(3,4)5/h6-10,13H,11-12H2,1-5H3. The normalized spacial score (nSPS) is 12.0. The fourth-order valence-electron chi connectivity index (χ4n) is 1.87. The van der Waals surface area contributed by atoms with Crippen molar-refractivity contribution in [3.05, 3.63) is 35.9 Å². The largest absolute Gasteiger partial charge is 0.461 e. The number of rotatable bonds is 5. The summed E-state index contributed by atoms with van der Waals surface area (Å²) in [5.74, 6) is -1.20. The monoisotopic (exact) mass is 351 g/mol. The number of carbonyl (C=O) groups excluding carboxylic acids is 3. The summed E-state index contributed by atoms with van der Waals surface area (Å²) >= 11 is 0. The minimum absolute atomic E-state index is 0.131. The maximum atomic E-state index is 12.2. The Balaban J connectivity index is 2.63. The Bertz CT molecular complexity index is 593. The molecule has 1 atom stereocenters. The number of hydrogen-bond acceptors (Lipinski definition) is 6. The van der Waals surface area contributed by atoms with Gasteiger partial charge in [-0.15, -0.1) is 5.06 Å². The van der Waals surface area contributed by atoms with Gasteiger partial charge < -0.3 is 14.3 Å². The average molecular weight is 351 g/mol. The fraction of sp³-hybridized carbons (Fsp3) is 0.500. The van der Waals surface area contributed by atoms with Crippen LogP contribution in [0.2, 0.25) is 0 Å². The molecule has 1 aromatic carbocycles. The molecule has 0 spiro atoms. The highest BCUT2D eigenvalue weighted by Gasteiger charge is 2.30. The van der Waals surface area contributed by atoms with Gasteiger partial charge in [0.1, 0.15) is 12.2 Å². The third-order valence-corrected chi connectivity index (χ3v) is 2.91. The first kappa shape index (κ1) is 20.5. The van der Waals surface area contributed by atoms with E-state index in [1.54, 1.807) is 27.7 Å². The van der Waals surface area contributed by atoms with E-state index in [0.717, 1.165) is 17.6 Å². The molecule has 25 heavy (non-hydrogen) atoms. The van der Waals surface area contributed by atoms with Gasteiger partial charge in [0.25, 0.3) is 0 Å². The Kier molecular flexibility index (Phi) is 7.42. The molecule has 0 saturated heterocycles. The maximum Gasteiger partial charge on any atom is 0.444 e. The Labute approximate surface area is 147 Å². The third-order valence-electron chi connectivity index (χ3n) is 2.91. The van der Waals surface area contributed by atoms with Crippen molar-refractivity contribution in [2.45, 2.75) is 59.3 Å². The summed E-state index contributed by atoms with van der Waals surface area (Å²) in [6, 6.07) is 8.49.